The van der Waals surface area contributed by atoms with E-state index in [1.165, 1.54) is 0 Å². The van der Waals surface area contributed by atoms with Gasteiger partial charge in [-0.1, -0.05) is 40.9 Å². The predicted octanol–water partition coefficient (Wildman–Crippen LogP) is 4.42. The summed E-state index contributed by atoms with van der Waals surface area (Å²) >= 11 is 11.9. The number of rotatable bonds is 2. The van der Waals surface area contributed by atoms with Gasteiger partial charge in [0.15, 0.2) is 5.78 Å². The molecule has 0 aromatic heterocycles. The second-order valence-corrected chi connectivity index (χ2v) is 5.32. The van der Waals surface area contributed by atoms with Crippen molar-refractivity contribution in [3.8, 4) is 0 Å². The fraction of sp³-hybridized carbons (Fsp3) is 0.133. The van der Waals surface area contributed by atoms with Gasteiger partial charge in [0.05, 0.1) is 15.7 Å². The zero-order valence-electron chi connectivity index (χ0n) is 10.6. The number of anilines is 1. The molecule has 0 atom stereocenters. The van der Waals surface area contributed by atoms with Gasteiger partial charge in [-0.25, -0.2) is 0 Å². The van der Waals surface area contributed by atoms with E-state index >= 15 is 0 Å². The highest BCUT2D eigenvalue weighted by molar-refractivity contribution is 6.39. The summed E-state index contributed by atoms with van der Waals surface area (Å²) in [5.41, 5.74) is 9.00. The molecule has 0 aliphatic carbocycles. The van der Waals surface area contributed by atoms with Crippen LogP contribution in [0.4, 0.5) is 5.69 Å². The lowest BCUT2D eigenvalue weighted by molar-refractivity contribution is 0.103. The first kappa shape index (κ1) is 13.9. The standard InChI is InChI=1S/C15H13Cl2NO/c1-8-3-4-9(2)11(5-8)15(19)10-6-12(16)14(18)13(17)7-10/h3-7H,18H2,1-2H3. The Labute approximate surface area is 122 Å². The summed E-state index contributed by atoms with van der Waals surface area (Å²) in [6.45, 7) is 3.84. The summed E-state index contributed by atoms with van der Waals surface area (Å²) in [5.74, 6) is -0.106. The minimum atomic E-state index is -0.106. The molecule has 0 heterocycles. The normalized spacial score (nSPS) is 10.5. The van der Waals surface area contributed by atoms with Crippen LogP contribution in [0.3, 0.4) is 0 Å². The van der Waals surface area contributed by atoms with Gasteiger partial charge < -0.3 is 5.73 Å². The molecule has 0 bridgehead atoms. The molecule has 2 rings (SSSR count). The van der Waals surface area contributed by atoms with E-state index in [-0.39, 0.29) is 5.78 Å². The summed E-state index contributed by atoms with van der Waals surface area (Å²) in [7, 11) is 0. The number of carbonyl (C=O) groups excluding carboxylic acids is 1. The molecular weight excluding hydrogens is 281 g/mol. The average molecular weight is 294 g/mol. The smallest absolute Gasteiger partial charge is 0.193 e. The molecule has 0 fully saturated rings. The van der Waals surface area contributed by atoms with Crippen LogP contribution < -0.4 is 5.73 Å². The maximum absolute atomic E-state index is 12.5. The largest absolute Gasteiger partial charge is 0.396 e. The Morgan fingerprint density at radius 3 is 2.21 bits per heavy atom. The van der Waals surface area contributed by atoms with Crippen molar-refractivity contribution in [2.45, 2.75) is 13.8 Å². The number of aryl methyl sites for hydroxylation is 2. The van der Waals surface area contributed by atoms with Crippen LogP contribution in [0.25, 0.3) is 0 Å². The van der Waals surface area contributed by atoms with Crippen LogP contribution in [0.15, 0.2) is 30.3 Å². The average Bonchev–Trinajstić information content (AvgIpc) is 2.37. The zero-order chi connectivity index (χ0) is 14.2. The molecule has 0 aliphatic heterocycles. The molecule has 2 N–H and O–H groups in total. The lowest BCUT2D eigenvalue weighted by Gasteiger charge is -2.09. The van der Waals surface area contributed by atoms with E-state index in [9.17, 15) is 4.79 Å². The molecule has 0 spiro atoms. The Morgan fingerprint density at radius 1 is 1.05 bits per heavy atom. The topological polar surface area (TPSA) is 43.1 Å². The van der Waals surface area contributed by atoms with E-state index < -0.39 is 0 Å². The Bertz CT molecular complexity index is 642. The summed E-state index contributed by atoms with van der Waals surface area (Å²) in [4.78, 5) is 12.5. The zero-order valence-corrected chi connectivity index (χ0v) is 12.1. The summed E-state index contributed by atoms with van der Waals surface area (Å²) in [6.07, 6.45) is 0. The molecule has 0 amide bonds. The predicted molar refractivity (Wildman–Crippen MR) is 80.2 cm³/mol. The third kappa shape index (κ3) is 2.75. The van der Waals surface area contributed by atoms with Crippen molar-refractivity contribution in [2.24, 2.45) is 0 Å². The van der Waals surface area contributed by atoms with Crippen molar-refractivity contribution in [3.63, 3.8) is 0 Å². The van der Waals surface area contributed by atoms with Crippen molar-refractivity contribution in [2.75, 3.05) is 5.73 Å². The number of benzene rings is 2. The lowest BCUT2D eigenvalue weighted by atomic mass is 9.97. The van der Waals surface area contributed by atoms with Gasteiger partial charge in [-0.2, -0.15) is 0 Å². The van der Waals surface area contributed by atoms with Gasteiger partial charge in [-0.15, -0.1) is 0 Å². The first-order valence-corrected chi connectivity index (χ1v) is 6.52. The lowest BCUT2D eigenvalue weighted by Crippen LogP contribution is -2.05. The van der Waals surface area contributed by atoms with Gasteiger partial charge >= 0.3 is 0 Å². The second-order valence-electron chi connectivity index (χ2n) is 4.50. The van der Waals surface area contributed by atoms with E-state index in [0.29, 0.717) is 26.9 Å². The van der Waals surface area contributed by atoms with Gasteiger partial charge in [0.25, 0.3) is 0 Å². The Morgan fingerprint density at radius 2 is 1.63 bits per heavy atom. The molecule has 19 heavy (non-hydrogen) atoms. The van der Waals surface area contributed by atoms with Gasteiger partial charge in [-0.3, -0.25) is 4.79 Å². The molecular formula is C15H13Cl2NO. The summed E-state index contributed by atoms with van der Waals surface area (Å²) in [5, 5.41) is 0.585. The number of ketones is 1. The quantitative estimate of drug-likeness (QED) is 0.658. The molecule has 98 valence electrons. The minimum Gasteiger partial charge on any atom is -0.396 e. The third-order valence-corrected chi connectivity index (χ3v) is 3.60. The maximum Gasteiger partial charge on any atom is 0.193 e. The first-order chi connectivity index (χ1) is 8.90. The molecule has 4 heteroatoms. The van der Waals surface area contributed by atoms with Crippen LogP contribution in [0.1, 0.15) is 27.0 Å². The van der Waals surface area contributed by atoms with Crippen molar-refractivity contribution >= 4 is 34.7 Å². The number of halogens is 2. The Kier molecular flexibility index (Phi) is 3.83. The molecule has 0 unspecified atom stereocenters. The van der Waals surface area contributed by atoms with Crippen molar-refractivity contribution in [1.82, 2.24) is 0 Å². The number of carbonyl (C=O) groups is 1. The van der Waals surface area contributed by atoms with E-state index in [1.807, 2.05) is 32.0 Å². The molecule has 2 nitrogen and oxygen atoms in total. The Hall–Kier alpha value is -1.51. The van der Waals surface area contributed by atoms with Crippen LogP contribution in [0.2, 0.25) is 10.0 Å². The SMILES string of the molecule is Cc1ccc(C)c(C(=O)c2cc(Cl)c(N)c(Cl)c2)c1. The first-order valence-electron chi connectivity index (χ1n) is 5.76. The fourth-order valence-electron chi connectivity index (χ4n) is 1.85. The van der Waals surface area contributed by atoms with Crippen molar-refractivity contribution in [3.05, 3.63) is 62.6 Å². The summed E-state index contributed by atoms with van der Waals surface area (Å²) < 4.78 is 0. The van der Waals surface area contributed by atoms with E-state index in [1.54, 1.807) is 12.1 Å². The van der Waals surface area contributed by atoms with Crippen LogP contribution in [0.5, 0.6) is 0 Å². The van der Waals surface area contributed by atoms with E-state index in [4.69, 9.17) is 28.9 Å². The van der Waals surface area contributed by atoms with E-state index in [2.05, 4.69) is 0 Å². The van der Waals surface area contributed by atoms with Gasteiger partial charge in [0, 0.05) is 11.1 Å². The third-order valence-electron chi connectivity index (χ3n) is 2.98. The molecule has 0 saturated heterocycles. The number of nitrogens with two attached hydrogens (primary N) is 1. The highest BCUT2D eigenvalue weighted by Gasteiger charge is 2.15. The highest BCUT2D eigenvalue weighted by Crippen LogP contribution is 2.30. The molecule has 2 aromatic carbocycles. The number of nitrogen functional groups attached to an aromatic ring is 1. The maximum atomic E-state index is 12.5. The number of hydrogen-bond acceptors (Lipinski definition) is 2. The van der Waals surface area contributed by atoms with Crippen molar-refractivity contribution < 1.29 is 4.79 Å². The molecule has 0 saturated carbocycles. The van der Waals surface area contributed by atoms with Crippen LogP contribution >= 0.6 is 23.2 Å². The second kappa shape index (κ2) is 5.24. The van der Waals surface area contributed by atoms with Gasteiger partial charge in [0.1, 0.15) is 0 Å². The van der Waals surface area contributed by atoms with Crippen LogP contribution in [-0.4, -0.2) is 5.78 Å². The monoisotopic (exact) mass is 293 g/mol. The summed E-state index contributed by atoms with van der Waals surface area (Å²) in [6, 6.07) is 8.84. The minimum absolute atomic E-state index is 0.106. The van der Waals surface area contributed by atoms with E-state index in [0.717, 1.165) is 11.1 Å². The molecule has 2 aromatic rings. The van der Waals surface area contributed by atoms with Crippen LogP contribution in [0, 0.1) is 13.8 Å². The van der Waals surface area contributed by atoms with Crippen LogP contribution in [-0.2, 0) is 0 Å². The van der Waals surface area contributed by atoms with Gasteiger partial charge in [-0.05, 0) is 37.6 Å². The highest BCUT2D eigenvalue weighted by atomic mass is 35.5. The molecule has 0 aliphatic rings. The van der Waals surface area contributed by atoms with Crippen molar-refractivity contribution in [1.29, 1.82) is 0 Å². The number of hydrogen-bond donors (Lipinski definition) is 1. The Balaban J connectivity index is 2.53. The molecule has 0 radical (unpaired) electrons. The van der Waals surface area contributed by atoms with Gasteiger partial charge in [0.2, 0.25) is 0 Å². The fourth-order valence-corrected chi connectivity index (χ4v) is 2.34.